The maximum Gasteiger partial charge on any atom is 0.0446 e. The Labute approximate surface area is 117 Å². The van der Waals surface area contributed by atoms with Gasteiger partial charge in [0.15, 0.2) is 0 Å². The highest BCUT2D eigenvalue weighted by Crippen LogP contribution is 2.31. The first-order chi connectivity index (χ1) is 7.66. The van der Waals surface area contributed by atoms with Gasteiger partial charge in [0.2, 0.25) is 0 Å². The van der Waals surface area contributed by atoms with Crippen LogP contribution in [0.1, 0.15) is 21.5 Å². The molecule has 84 valence electrons. The van der Waals surface area contributed by atoms with Crippen molar-refractivity contribution >= 4 is 43.2 Å². The van der Waals surface area contributed by atoms with E-state index in [0.29, 0.717) is 4.83 Å². The minimum atomic E-state index is 0.417. The molecule has 1 atom stereocenters. The summed E-state index contributed by atoms with van der Waals surface area (Å²) in [5, 5.41) is 4.43. The van der Waals surface area contributed by atoms with E-state index < -0.39 is 0 Å². The molecule has 0 amide bonds. The van der Waals surface area contributed by atoms with Gasteiger partial charge in [-0.3, -0.25) is 0 Å². The minimum Gasteiger partial charge on any atom is -0.152 e. The van der Waals surface area contributed by atoms with Crippen LogP contribution in [0.2, 0.25) is 0 Å². The van der Waals surface area contributed by atoms with Crippen molar-refractivity contribution in [3.05, 3.63) is 56.2 Å². The average molecular weight is 360 g/mol. The van der Waals surface area contributed by atoms with Gasteiger partial charge in [0.1, 0.15) is 0 Å². The molecular weight excluding hydrogens is 348 g/mol. The molecule has 2 aromatic rings. The largest absolute Gasteiger partial charge is 0.152 e. The molecule has 3 heteroatoms. The molecule has 1 unspecified atom stereocenters. The molecule has 0 fully saturated rings. The first-order valence-electron chi connectivity index (χ1n) is 5.08. The van der Waals surface area contributed by atoms with E-state index in [9.17, 15) is 0 Å². The summed E-state index contributed by atoms with van der Waals surface area (Å²) < 4.78 is 1.13. The predicted molar refractivity (Wildman–Crippen MR) is 78.6 cm³/mol. The van der Waals surface area contributed by atoms with Crippen LogP contribution in [-0.2, 0) is 6.42 Å². The lowest BCUT2D eigenvalue weighted by molar-refractivity contribution is 0.945. The zero-order valence-electron chi connectivity index (χ0n) is 8.91. The van der Waals surface area contributed by atoms with Crippen LogP contribution < -0.4 is 0 Å². The van der Waals surface area contributed by atoms with Crippen LogP contribution in [0, 0.1) is 6.92 Å². The van der Waals surface area contributed by atoms with Gasteiger partial charge in [0, 0.05) is 9.30 Å². The monoisotopic (exact) mass is 358 g/mol. The van der Waals surface area contributed by atoms with Crippen LogP contribution in [0.25, 0.3) is 0 Å². The molecule has 1 aromatic heterocycles. The van der Waals surface area contributed by atoms with Crippen LogP contribution in [0.15, 0.2) is 39.5 Å². The van der Waals surface area contributed by atoms with E-state index in [4.69, 9.17) is 0 Å². The highest BCUT2D eigenvalue weighted by atomic mass is 79.9. The number of hydrogen-bond donors (Lipinski definition) is 0. The Bertz CT molecular complexity index is 459. The second-order valence-corrected chi connectivity index (χ2v) is 6.57. The van der Waals surface area contributed by atoms with E-state index in [1.807, 2.05) is 0 Å². The summed E-state index contributed by atoms with van der Waals surface area (Å²) in [4.78, 5) is 0.417. The molecule has 0 spiro atoms. The molecule has 0 radical (unpaired) electrons. The fourth-order valence-electron chi connectivity index (χ4n) is 1.63. The Morgan fingerprint density at radius 2 is 1.88 bits per heavy atom. The van der Waals surface area contributed by atoms with E-state index in [-0.39, 0.29) is 0 Å². The molecule has 1 aromatic carbocycles. The zero-order valence-corrected chi connectivity index (χ0v) is 12.9. The highest BCUT2D eigenvalue weighted by molar-refractivity contribution is 9.10. The van der Waals surface area contributed by atoms with Gasteiger partial charge in [-0.25, -0.2) is 0 Å². The van der Waals surface area contributed by atoms with Crippen molar-refractivity contribution < 1.29 is 0 Å². The van der Waals surface area contributed by atoms with E-state index in [2.05, 4.69) is 73.8 Å². The number of benzene rings is 1. The van der Waals surface area contributed by atoms with E-state index in [0.717, 1.165) is 10.9 Å². The molecule has 2 rings (SSSR count). The summed E-state index contributed by atoms with van der Waals surface area (Å²) in [6.45, 7) is 2.17. The van der Waals surface area contributed by atoms with Gasteiger partial charge in [-0.05, 0) is 52.9 Å². The van der Waals surface area contributed by atoms with Crippen LogP contribution in [0.3, 0.4) is 0 Å². The van der Waals surface area contributed by atoms with E-state index >= 15 is 0 Å². The summed E-state index contributed by atoms with van der Waals surface area (Å²) in [6.07, 6.45) is 1.03. The van der Waals surface area contributed by atoms with Gasteiger partial charge < -0.3 is 0 Å². The van der Waals surface area contributed by atoms with Crippen LogP contribution in [0.5, 0.6) is 0 Å². The standard InChI is InChI=1S/C13H12Br2S/c1-9-7-16-8-12(9)13(15)6-10-2-4-11(14)5-3-10/h2-5,7-8,13H,6H2,1H3. The smallest absolute Gasteiger partial charge is 0.0446 e. The Kier molecular flexibility index (Phi) is 4.22. The van der Waals surface area contributed by atoms with Crippen LogP contribution >= 0.6 is 43.2 Å². The highest BCUT2D eigenvalue weighted by Gasteiger charge is 2.11. The van der Waals surface area contributed by atoms with Crippen molar-refractivity contribution in [2.75, 3.05) is 0 Å². The summed E-state index contributed by atoms with van der Waals surface area (Å²) in [5.41, 5.74) is 4.15. The number of halogens is 2. The number of rotatable bonds is 3. The maximum absolute atomic E-state index is 3.77. The molecule has 0 aliphatic rings. The number of alkyl halides is 1. The van der Waals surface area contributed by atoms with Gasteiger partial charge in [0.25, 0.3) is 0 Å². The molecule has 0 bridgehead atoms. The molecule has 0 aliphatic carbocycles. The lowest BCUT2D eigenvalue weighted by Gasteiger charge is -2.09. The van der Waals surface area contributed by atoms with Crippen molar-refractivity contribution in [3.63, 3.8) is 0 Å². The second kappa shape index (κ2) is 5.48. The van der Waals surface area contributed by atoms with Gasteiger partial charge in [-0.1, -0.05) is 44.0 Å². The lowest BCUT2D eigenvalue weighted by atomic mass is 10.0. The third kappa shape index (κ3) is 2.96. The van der Waals surface area contributed by atoms with Crippen LogP contribution in [0.4, 0.5) is 0 Å². The van der Waals surface area contributed by atoms with Crippen molar-refractivity contribution in [2.24, 2.45) is 0 Å². The summed E-state index contributed by atoms with van der Waals surface area (Å²) in [5.74, 6) is 0. The third-order valence-electron chi connectivity index (χ3n) is 2.56. The van der Waals surface area contributed by atoms with Crippen LogP contribution in [-0.4, -0.2) is 0 Å². The first-order valence-corrected chi connectivity index (χ1v) is 7.73. The normalized spacial score (nSPS) is 12.7. The number of hydrogen-bond acceptors (Lipinski definition) is 1. The molecule has 0 saturated heterocycles. The fraction of sp³-hybridized carbons (Fsp3) is 0.231. The van der Waals surface area contributed by atoms with Gasteiger partial charge in [-0.2, -0.15) is 11.3 Å². The van der Waals surface area contributed by atoms with Crippen molar-refractivity contribution in [1.29, 1.82) is 0 Å². The second-order valence-electron chi connectivity index (χ2n) is 3.81. The van der Waals surface area contributed by atoms with Gasteiger partial charge in [-0.15, -0.1) is 0 Å². The average Bonchev–Trinajstić information content (AvgIpc) is 2.68. The maximum atomic E-state index is 3.77. The molecule has 0 saturated carbocycles. The first kappa shape index (κ1) is 12.3. The molecule has 0 nitrogen and oxygen atoms in total. The van der Waals surface area contributed by atoms with E-state index in [1.165, 1.54) is 16.7 Å². The molecular formula is C13H12Br2S. The summed E-state index contributed by atoms with van der Waals surface area (Å²) in [7, 11) is 0. The molecule has 0 N–H and O–H groups in total. The topological polar surface area (TPSA) is 0 Å². The van der Waals surface area contributed by atoms with Crippen molar-refractivity contribution in [1.82, 2.24) is 0 Å². The van der Waals surface area contributed by atoms with E-state index in [1.54, 1.807) is 11.3 Å². The summed E-state index contributed by atoms with van der Waals surface area (Å²) >= 11 is 8.99. The predicted octanol–water partition coefficient (Wildman–Crippen LogP) is 5.50. The number of thiophene rings is 1. The number of aryl methyl sites for hydroxylation is 1. The SMILES string of the molecule is Cc1cscc1C(Br)Cc1ccc(Br)cc1. The van der Waals surface area contributed by atoms with Gasteiger partial charge >= 0.3 is 0 Å². The Balaban J connectivity index is 2.10. The molecule has 0 aliphatic heterocycles. The zero-order chi connectivity index (χ0) is 11.5. The minimum absolute atomic E-state index is 0.417. The quantitative estimate of drug-likeness (QED) is 0.635. The fourth-order valence-corrected chi connectivity index (χ4v) is 3.84. The lowest BCUT2D eigenvalue weighted by Crippen LogP contribution is -1.95. The van der Waals surface area contributed by atoms with Crippen molar-refractivity contribution in [3.8, 4) is 0 Å². The third-order valence-corrected chi connectivity index (χ3v) is 4.79. The Morgan fingerprint density at radius 1 is 1.19 bits per heavy atom. The Hall–Kier alpha value is -0.120. The Morgan fingerprint density at radius 3 is 2.44 bits per heavy atom. The van der Waals surface area contributed by atoms with Gasteiger partial charge in [0.05, 0.1) is 0 Å². The molecule has 16 heavy (non-hydrogen) atoms. The molecule has 1 heterocycles. The summed E-state index contributed by atoms with van der Waals surface area (Å²) in [6, 6.07) is 8.52. The van der Waals surface area contributed by atoms with Crippen molar-refractivity contribution in [2.45, 2.75) is 18.2 Å².